The smallest absolute Gasteiger partial charge is 0.227 e. The number of nitrogens with one attached hydrogen (secondary N) is 1. The van der Waals surface area contributed by atoms with E-state index in [9.17, 15) is 4.79 Å². The Kier molecular flexibility index (Phi) is 5.43. The minimum atomic E-state index is -0.169. The summed E-state index contributed by atoms with van der Waals surface area (Å²) in [6.45, 7) is 0. The molecular weight excluding hydrogens is 340 g/mol. The van der Waals surface area contributed by atoms with Gasteiger partial charge in [0, 0.05) is 18.2 Å². The van der Waals surface area contributed by atoms with E-state index in [1.165, 1.54) is 0 Å². The van der Waals surface area contributed by atoms with Gasteiger partial charge in [-0.25, -0.2) is 9.97 Å². The Balaban J connectivity index is 2.13. The van der Waals surface area contributed by atoms with Gasteiger partial charge in [0.25, 0.3) is 0 Å². The lowest BCUT2D eigenvalue weighted by Gasteiger charge is -2.11. The van der Waals surface area contributed by atoms with Crippen LogP contribution in [0, 0.1) is 11.3 Å². The van der Waals surface area contributed by atoms with Gasteiger partial charge in [-0.15, -0.1) is 0 Å². The summed E-state index contributed by atoms with van der Waals surface area (Å²) in [6, 6.07) is 18.6. The zero-order valence-electron chi connectivity index (χ0n) is 15.1. The molecule has 27 heavy (non-hydrogen) atoms. The van der Waals surface area contributed by atoms with Gasteiger partial charge in [-0.2, -0.15) is 5.26 Å². The fourth-order valence-electron chi connectivity index (χ4n) is 2.67. The van der Waals surface area contributed by atoms with Gasteiger partial charge in [-0.3, -0.25) is 4.79 Å². The van der Waals surface area contributed by atoms with Gasteiger partial charge in [0.05, 0.1) is 36.6 Å². The molecule has 0 spiro atoms. The van der Waals surface area contributed by atoms with Crippen molar-refractivity contribution in [1.82, 2.24) is 15.3 Å². The van der Waals surface area contributed by atoms with Crippen molar-refractivity contribution in [3.05, 3.63) is 66.0 Å². The van der Waals surface area contributed by atoms with Crippen LogP contribution in [0.15, 0.2) is 54.6 Å². The predicted octanol–water partition coefficient (Wildman–Crippen LogP) is 2.98. The van der Waals surface area contributed by atoms with Crippen LogP contribution in [-0.2, 0) is 11.2 Å². The number of likely N-dealkylation sites (N-methyl/N-ethyl adjacent to an activating group) is 1. The van der Waals surface area contributed by atoms with Crippen molar-refractivity contribution < 1.29 is 9.53 Å². The number of nitrogens with zero attached hydrogens (tertiary/aromatic N) is 3. The number of hydrogen-bond donors (Lipinski definition) is 1. The van der Waals surface area contributed by atoms with Gasteiger partial charge in [0.15, 0.2) is 0 Å². The molecule has 134 valence electrons. The van der Waals surface area contributed by atoms with Crippen LogP contribution in [0.25, 0.3) is 22.5 Å². The molecule has 3 aromatic rings. The molecule has 0 aliphatic heterocycles. The molecule has 0 unspecified atom stereocenters. The monoisotopic (exact) mass is 358 g/mol. The van der Waals surface area contributed by atoms with Crippen LogP contribution in [0.1, 0.15) is 11.4 Å². The number of methoxy groups -OCH3 is 1. The third-order valence-electron chi connectivity index (χ3n) is 4.06. The Bertz CT molecular complexity index is 1010. The normalized spacial score (nSPS) is 10.1. The number of hydrogen-bond acceptors (Lipinski definition) is 5. The van der Waals surface area contributed by atoms with E-state index >= 15 is 0 Å². The summed E-state index contributed by atoms with van der Waals surface area (Å²) >= 11 is 0. The van der Waals surface area contributed by atoms with Crippen molar-refractivity contribution >= 4 is 5.91 Å². The standard InChI is InChI=1S/C21H18N4O2/c1-23-21(26)12-20-24-17(15-9-7-14(13-22)8-10-15)11-18(25-20)16-5-3-4-6-19(16)27-2/h3-11H,12H2,1-2H3,(H,23,26). The molecule has 6 heteroatoms. The molecule has 1 N–H and O–H groups in total. The molecule has 1 amide bonds. The Labute approximate surface area is 157 Å². The highest BCUT2D eigenvalue weighted by Gasteiger charge is 2.13. The van der Waals surface area contributed by atoms with Gasteiger partial charge >= 0.3 is 0 Å². The van der Waals surface area contributed by atoms with Crippen molar-refractivity contribution in [3.63, 3.8) is 0 Å². The molecule has 0 fully saturated rings. The first-order chi connectivity index (χ1) is 13.1. The highest BCUT2D eigenvalue weighted by atomic mass is 16.5. The summed E-state index contributed by atoms with van der Waals surface area (Å²) in [5.74, 6) is 0.933. The number of amides is 1. The maximum absolute atomic E-state index is 11.8. The lowest BCUT2D eigenvalue weighted by atomic mass is 10.1. The highest BCUT2D eigenvalue weighted by Crippen LogP contribution is 2.30. The van der Waals surface area contributed by atoms with Crippen molar-refractivity contribution in [2.75, 3.05) is 14.2 Å². The van der Waals surface area contributed by atoms with Crippen molar-refractivity contribution in [1.29, 1.82) is 5.26 Å². The van der Waals surface area contributed by atoms with Crippen LogP contribution in [-0.4, -0.2) is 30.0 Å². The van der Waals surface area contributed by atoms with E-state index in [0.717, 1.165) is 11.1 Å². The lowest BCUT2D eigenvalue weighted by molar-refractivity contribution is -0.120. The zero-order valence-corrected chi connectivity index (χ0v) is 15.1. The highest BCUT2D eigenvalue weighted by molar-refractivity contribution is 5.78. The van der Waals surface area contributed by atoms with Crippen LogP contribution >= 0.6 is 0 Å². The topological polar surface area (TPSA) is 87.9 Å². The number of aromatic nitrogens is 2. The molecule has 6 nitrogen and oxygen atoms in total. The Morgan fingerprint density at radius 3 is 2.48 bits per heavy atom. The molecule has 1 heterocycles. The Hall–Kier alpha value is -3.72. The number of para-hydroxylation sites is 1. The van der Waals surface area contributed by atoms with E-state index in [2.05, 4.69) is 21.4 Å². The van der Waals surface area contributed by atoms with Gasteiger partial charge in [-0.1, -0.05) is 24.3 Å². The molecule has 3 rings (SSSR count). The molecule has 0 bridgehead atoms. The van der Waals surface area contributed by atoms with E-state index in [4.69, 9.17) is 10.00 Å². The first-order valence-corrected chi connectivity index (χ1v) is 8.37. The summed E-state index contributed by atoms with van der Waals surface area (Å²) in [6.07, 6.45) is 0.0722. The summed E-state index contributed by atoms with van der Waals surface area (Å²) in [5.41, 5.74) is 3.57. The number of rotatable bonds is 5. The largest absolute Gasteiger partial charge is 0.496 e. The van der Waals surface area contributed by atoms with Gasteiger partial charge in [-0.05, 0) is 30.3 Å². The van der Waals surface area contributed by atoms with E-state index in [-0.39, 0.29) is 12.3 Å². The molecular formula is C21H18N4O2. The van der Waals surface area contributed by atoms with Gasteiger partial charge < -0.3 is 10.1 Å². The number of carbonyl (C=O) groups is 1. The van der Waals surface area contributed by atoms with Gasteiger partial charge in [0.2, 0.25) is 5.91 Å². The van der Waals surface area contributed by atoms with Crippen molar-refractivity contribution in [2.24, 2.45) is 0 Å². The number of nitriles is 1. The lowest BCUT2D eigenvalue weighted by Crippen LogP contribution is -2.21. The average Bonchev–Trinajstić information content (AvgIpc) is 2.73. The quantitative estimate of drug-likeness (QED) is 0.757. The fraction of sp³-hybridized carbons (Fsp3) is 0.143. The molecule has 0 aliphatic carbocycles. The van der Waals surface area contributed by atoms with E-state index in [1.54, 1.807) is 26.3 Å². The zero-order chi connectivity index (χ0) is 19.2. The number of ether oxygens (including phenoxy) is 1. The maximum Gasteiger partial charge on any atom is 0.227 e. The molecule has 0 atom stereocenters. The van der Waals surface area contributed by atoms with Crippen molar-refractivity contribution in [3.8, 4) is 34.3 Å². The summed E-state index contributed by atoms with van der Waals surface area (Å²) < 4.78 is 5.44. The second-order valence-corrected chi connectivity index (χ2v) is 5.79. The summed E-state index contributed by atoms with van der Waals surface area (Å²) in [4.78, 5) is 20.9. The van der Waals surface area contributed by atoms with Crippen LogP contribution in [0.4, 0.5) is 0 Å². The van der Waals surface area contributed by atoms with E-state index in [1.807, 2.05) is 42.5 Å². The SMILES string of the molecule is CNC(=O)Cc1nc(-c2ccc(C#N)cc2)cc(-c2ccccc2OC)n1. The fourth-order valence-corrected chi connectivity index (χ4v) is 2.67. The van der Waals surface area contributed by atoms with E-state index < -0.39 is 0 Å². The molecule has 2 aromatic carbocycles. The molecule has 0 saturated carbocycles. The van der Waals surface area contributed by atoms with Crippen LogP contribution in [0.5, 0.6) is 5.75 Å². The average molecular weight is 358 g/mol. The van der Waals surface area contributed by atoms with Gasteiger partial charge in [0.1, 0.15) is 11.6 Å². The predicted molar refractivity (Wildman–Crippen MR) is 102 cm³/mol. The molecule has 0 radical (unpaired) electrons. The van der Waals surface area contributed by atoms with Crippen molar-refractivity contribution in [2.45, 2.75) is 6.42 Å². The summed E-state index contributed by atoms with van der Waals surface area (Å²) in [7, 11) is 3.18. The second-order valence-electron chi connectivity index (χ2n) is 5.79. The van der Waals surface area contributed by atoms with E-state index in [0.29, 0.717) is 28.5 Å². The van der Waals surface area contributed by atoms with Crippen LogP contribution in [0.3, 0.4) is 0 Å². The molecule has 0 saturated heterocycles. The van der Waals surface area contributed by atoms with Crippen LogP contribution < -0.4 is 10.1 Å². The third-order valence-corrected chi connectivity index (χ3v) is 4.06. The number of carbonyl (C=O) groups excluding carboxylic acids is 1. The van der Waals surface area contributed by atoms with Crippen LogP contribution in [0.2, 0.25) is 0 Å². The minimum absolute atomic E-state index is 0.0722. The Morgan fingerprint density at radius 1 is 1.11 bits per heavy atom. The first kappa shape index (κ1) is 18.1. The second kappa shape index (κ2) is 8.11. The maximum atomic E-state index is 11.8. The third kappa shape index (κ3) is 4.10. The summed E-state index contributed by atoms with van der Waals surface area (Å²) in [5, 5.41) is 11.6. The Morgan fingerprint density at radius 2 is 1.81 bits per heavy atom. The molecule has 0 aliphatic rings. The first-order valence-electron chi connectivity index (χ1n) is 8.37. The minimum Gasteiger partial charge on any atom is -0.496 e. The number of benzene rings is 2. The molecule has 1 aromatic heterocycles.